The van der Waals surface area contributed by atoms with Crippen molar-refractivity contribution in [3.05, 3.63) is 42.2 Å². The molecule has 0 spiro atoms. The fourth-order valence-electron chi connectivity index (χ4n) is 1.51. The van der Waals surface area contributed by atoms with Crippen molar-refractivity contribution in [2.24, 2.45) is 0 Å². The van der Waals surface area contributed by atoms with Crippen LogP contribution < -0.4 is 5.32 Å². The minimum absolute atomic E-state index is 0.124. The van der Waals surface area contributed by atoms with E-state index in [1.807, 2.05) is 38.3 Å². The van der Waals surface area contributed by atoms with Gasteiger partial charge in [-0.2, -0.15) is 0 Å². The summed E-state index contributed by atoms with van der Waals surface area (Å²) in [6.45, 7) is 7.76. The molecule has 1 nitrogen and oxygen atoms in total. The third kappa shape index (κ3) is 3.35. The molecule has 16 heavy (non-hydrogen) atoms. The first-order valence-electron chi connectivity index (χ1n) is 5.30. The molecule has 2 atom stereocenters. The Hall–Kier alpha value is -0.800. The van der Waals surface area contributed by atoms with Crippen LogP contribution in [0.3, 0.4) is 0 Å². The van der Waals surface area contributed by atoms with Gasteiger partial charge in [-0.05, 0) is 37.8 Å². The Kier molecular flexibility index (Phi) is 5.03. The number of halogens is 1. The van der Waals surface area contributed by atoms with Gasteiger partial charge < -0.3 is 5.32 Å². The Labute approximate surface area is 101 Å². The SMILES string of the molecule is C=CC(C)NC(C)c1ccc(SC)c(F)c1. The fraction of sp³-hybridized carbons (Fsp3) is 0.385. The molecule has 1 aromatic rings. The van der Waals surface area contributed by atoms with Crippen LogP contribution in [-0.2, 0) is 0 Å². The second-order valence-electron chi connectivity index (χ2n) is 3.81. The normalized spacial score (nSPS) is 14.5. The lowest BCUT2D eigenvalue weighted by Crippen LogP contribution is -2.26. The zero-order valence-corrected chi connectivity index (χ0v) is 10.8. The van der Waals surface area contributed by atoms with Crippen LogP contribution >= 0.6 is 11.8 Å². The van der Waals surface area contributed by atoms with E-state index < -0.39 is 0 Å². The number of nitrogens with one attached hydrogen (secondary N) is 1. The van der Waals surface area contributed by atoms with Gasteiger partial charge in [0, 0.05) is 17.0 Å². The standard InChI is InChI=1S/C13H18FNS/c1-5-9(2)15-10(3)11-6-7-13(16-4)12(14)8-11/h5-10,15H,1H2,2-4H3. The van der Waals surface area contributed by atoms with Gasteiger partial charge >= 0.3 is 0 Å². The molecule has 0 aliphatic heterocycles. The summed E-state index contributed by atoms with van der Waals surface area (Å²) in [4.78, 5) is 0.688. The van der Waals surface area contributed by atoms with E-state index in [4.69, 9.17) is 0 Å². The van der Waals surface area contributed by atoms with Gasteiger partial charge in [0.15, 0.2) is 0 Å². The molecular formula is C13H18FNS. The van der Waals surface area contributed by atoms with Crippen LogP contribution in [0, 0.1) is 5.82 Å². The van der Waals surface area contributed by atoms with Crippen molar-refractivity contribution in [2.75, 3.05) is 6.26 Å². The van der Waals surface area contributed by atoms with Crippen molar-refractivity contribution in [1.82, 2.24) is 5.32 Å². The van der Waals surface area contributed by atoms with Crippen LogP contribution in [0.4, 0.5) is 4.39 Å². The Morgan fingerprint density at radius 2 is 2.12 bits per heavy atom. The minimum Gasteiger partial charge on any atom is -0.304 e. The summed E-state index contributed by atoms with van der Waals surface area (Å²) < 4.78 is 13.6. The molecule has 0 aliphatic carbocycles. The molecule has 0 fully saturated rings. The molecule has 0 aromatic heterocycles. The Balaban J connectivity index is 2.80. The van der Waals surface area contributed by atoms with Crippen LogP contribution in [0.1, 0.15) is 25.5 Å². The highest BCUT2D eigenvalue weighted by Crippen LogP contribution is 2.23. The second kappa shape index (κ2) is 6.06. The molecule has 0 amide bonds. The van der Waals surface area contributed by atoms with E-state index in [0.717, 1.165) is 5.56 Å². The van der Waals surface area contributed by atoms with Crippen LogP contribution in [0.2, 0.25) is 0 Å². The summed E-state index contributed by atoms with van der Waals surface area (Å²) in [5, 5.41) is 3.32. The summed E-state index contributed by atoms with van der Waals surface area (Å²) in [5.74, 6) is -0.148. The van der Waals surface area contributed by atoms with Crippen LogP contribution in [0.5, 0.6) is 0 Å². The van der Waals surface area contributed by atoms with E-state index in [1.165, 1.54) is 11.8 Å². The van der Waals surface area contributed by atoms with E-state index in [9.17, 15) is 4.39 Å². The summed E-state index contributed by atoms with van der Waals surface area (Å²) in [7, 11) is 0. The topological polar surface area (TPSA) is 12.0 Å². The number of rotatable bonds is 5. The van der Waals surface area contributed by atoms with Gasteiger partial charge in [0.05, 0.1) is 0 Å². The van der Waals surface area contributed by atoms with Crippen molar-refractivity contribution in [3.63, 3.8) is 0 Å². The predicted molar refractivity (Wildman–Crippen MR) is 69.4 cm³/mol. The van der Waals surface area contributed by atoms with Crippen molar-refractivity contribution in [2.45, 2.75) is 30.8 Å². The molecule has 1 aromatic carbocycles. The molecule has 0 bridgehead atoms. The van der Waals surface area contributed by atoms with Crippen molar-refractivity contribution >= 4 is 11.8 Å². The number of benzene rings is 1. The maximum atomic E-state index is 13.6. The van der Waals surface area contributed by atoms with Crippen LogP contribution in [0.25, 0.3) is 0 Å². The molecule has 0 heterocycles. The van der Waals surface area contributed by atoms with Gasteiger partial charge in [0.2, 0.25) is 0 Å². The van der Waals surface area contributed by atoms with Gasteiger partial charge in [-0.1, -0.05) is 12.1 Å². The first-order chi connectivity index (χ1) is 7.58. The van der Waals surface area contributed by atoms with Crippen molar-refractivity contribution in [3.8, 4) is 0 Å². The highest BCUT2D eigenvalue weighted by atomic mass is 32.2. The molecule has 88 valence electrons. The highest BCUT2D eigenvalue weighted by molar-refractivity contribution is 7.98. The lowest BCUT2D eigenvalue weighted by molar-refractivity contribution is 0.529. The quantitative estimate of drug-likeness (QED) is 0.620. The molecule has 0 aliphatic rings. The molecule has 1 rings (SSSR count). The van der Waals surface area contributed by atoms with Crippen molar-refractivity contribution in [1.29, 1.82) is 0 Å². The molecule has 0 saturated heterocycles. The van der Waals surface area contributed by atoms with E-state index >= 15 is 0 Å². The zero-order valence-electron chi connectivity index (χ0n) is 9.96. The molecule has 0 radical (unpaired) electrons. The first kappa shape index (κ1) is 13.3. The molecule has 3 heteroatoms. The Bertz CT molecular complexity index is 365. The predicted octanol–water partition coefficient (Wildman–Crippen LogP) is 3.77. The second-order valence-corrected chi connectivity index (χ2v) is 4.65. The number of hydrogen-bond acceptors (Lipinski definition) is 2. The molecule has 0 saturated carbocycles. The Morgan fingerprint density at radius 1 is 1.44 bits per heavy atom. The van der Waals surface area contributed by atoms with Gasteiger partial charge in [0.25, 0.3) is 0 Å². The van der Waals surface area contributed by atoms with E-state index in [-0.39, 0.29) is 17.9 Å². The summed E-state index contributed by atoms with van der Waals surface area (Å²) in [5.41, 5.74) is 0.962. The summed E-state index contributed by atoms with van der Waals surface area (Å²) in [6.07, 6.45) is 3.71. The lowest BCUT2D eigenvalue weighted by atomic mass is 10.1. The number of thioether (sulfide) groups is 1. The largest absolute Gasteiger partial charge is 0.304 e. The average Bonchev–Trinajstić information content (AvgIpc) is 2.28. The fourth-order valence-corrected chi connectivity index (χ4v) is 1.97. The minimum atomic E-state index is -0.148. The van der Waals surface area contributed by atoms with Gasteiger partial charge in [-0.25, -0.2) is 4.39 Å². The monoisotopic (exact) mass is 239 g/mol. The van der Waals surface area contributed by atoms with E-state index in [0.29, 0.717) is 4.90 Å². The molecule has 2 unspecified atom stereocenters. The maximum Gasteiger partial charge on any atom is 0.137 e. The van der Waals surface area contributed by atoms with E-state index in [2.05, 4.69) is 11.9 Å². The average molecular weight is 239 g/mol. The third-order valence-corrected chi connectivity index (χ3v) is 3.31. The zero-order chi connectivity index (χ0) is 12.1. The molecular weight excluding hydrogens is 221 g/mol. The highest BCUT2D eigenvalue weighted by Gasteiger charge is 2.09. The number of hydrogen-bond donors (Lipinski definition) is 1. The van der Waals surface area contributed by atoms with E-state index in [1.54, 1.807) is 6.07 Å². The summed E-state index contributed by atoms with van der Waals surface area (Å²) >= 11 is 1.42. The summed E-state index contributed by atoms with van der Waals surface area (Å²) in [6, 6.07) is 5.73. The third-order valence-electron chi connectivity index (χ3n) is 2.54. The van der Waals surface area contributed by atoms with Gasteiger partial charge in [0.1, 0.15) is 5.82 Å². The van der Waals surface area contributed by atoms with Crippen LogP contribution in [-0.4, -0.2) is 12.3 Å². The maximum absolute atomic E-state index is 13.6. The van der Waals surface area contributed by atoms with Gasteiger partial charge in [-0.3, -0.25) is 0 Å². The Morgan fingerprint density at radius 3 is 2.62 bits per heavy atom. The van der Waals surface area contributed by atoms with Gasteiger partial charge in [-0.15, -0.1) is 18.3 Å². The van der Waals surface area contributed by atoms with Crippen molar-refractivity contribution < 1.29 is 4.39 Å². The molecule has 1 N–H and O–H groups in total. The lowest BCUT2D eigenvalue weighted by Gasteiger charge is -2.18. The first-order valence-corrected chi connectivity index (χ1v) is 6.53. The smallest absolute Gasteiger partial charge is 0.137 e. The van der Waals surface area contributed by atoms with Crippen LogP contribution in [0.15, 0.2) is 35.7 Å².